The molecule has 0 saturated heterocycles. The van der Waals surface area contributed by atoms with Crippen molar-refractivity contribution in [3.8, 4) is 0 Å². The van der Waals surface area contributed by atoms with Gasteiger partial charge in [0.2, 0.25) is 0 Å². The Balaban J connectivity index is 2.17. The molecule has 3 aromatic rings. The van der Waals surface area contributed by atoms with Crippen LogP contribution in [-0.2, 0) is 6.42 Å². The van der Waals surface area contributed by atoms with E-state index in [2.05, 4.69) is 60.4 Å². The largest absolute Gasteiger partial charge is 0.411 e. The molecule has 3 nitrogen and oxygen atoms in total. The van der Waals surface area contributed by atoms with E-state index in [9.17, 15) is 5.21 Å². The van der Waals surface area contributed by atoms with Gasteiger partial charge in [-0.2, -0.15) is 0 Å². The lowest BCUT2D eigenvalue weighted by Gasteiger charge is -2.32. The molecule has 1 aliphatic carbocycles. The fraction of sp³-hybridized carbons (Fsp3) is 0.263. The molecule has 0 radical (unpaired) electrons. The van der Waals surface area contributed by atoms with E-state index in [4.69, 9.17) is 0 Å². The number of aromatic nitrogens is 1. The number of benzene rings is 2. The lowest BCUT2D eigenvalue weighted by molar-refractivity contribution is 0.307. The first-order chi connectivity index (χ1) is 10.6. The van der Waals surface area contributed by atoms with Gasteiger partial charge >= 0.3 is 0 Å². The highest BCUT2D eigenvalue weighted by Gasteiger charge is 2.31. The highest BCUT2D eigenvalue weighted by Crippen LogP contribution is 2.39. The van der Waals surface area contributed by atoms with Gasteiger partial charge in [0, 0.05) is 17.1 Å². The molecule has 110 valence electrons. The second kappa shape index (κ2) is 4.54. The van der Waals surface area contributed by atoms with E-state index in [0.29, 0.717) is 0 Å². The molecular formula is C19H18N2O. The summed E-state index contributed by atoms with van der Waals surface area (Å²) >= 11 is 0. The average Bonchev–Trinajstić information content (AvgIpc) is 2.52. The molecule has 1 N–H and O–H groups in total. The van der Waals surface area contributed by atoms with Crippen molar-refractivity contribution in [2.24, 2.45) is 10.6 Å². The Morgan fingerprint density at radius 1 is 1.09 bits per heavy atom. The third kappa shape index (κ3) is 1.89. The van der Waals surface area contributed by atoms with Crippen molar-refractivity contribution in [3.63, 3.8) is 0 Å². The summed E-state index contributed by atoms with van der Waals surface area (Å²) in [6.45, 7) is 4.44. The zero-order valence-electron chi connectivity index (χ0n) is 12.8. The third-order valence-corrected chi connectivity index (χ3v) is 4.60. The zero-order chi connectivity index (χ0) is 15.3. The van der Waals surface area contributed by atoms with E-state index in [-0.39, 0.29) is 5.41 Å². The van der Waals surface area contributed by atoms with Gasteiger partial charge in [-0.1, -0.05) is 49.3 Å². The maximum Gasteiger partial charge on any atom is 0.0891 e. The Labute approximate surface area is 129 Å². The predicted molar refractivity (Wildman–Crippen MR) is 89.7 cm³/mol. The Bertz CT molecular complexity index is 925. The highest BCUT2D eigenvalue weighted by molar-refractivity contribution is 6.13. The van der Waals surface area contributed by atoms with Crippen LogP contribution in [0, 0.1) is 5.41 Å². The molecule has 0 atom stereocenters. The fourth-order valence-electron chi connectivity index (χ4n) is 3.64. The Kier molecular flexibility index (Phi) is 2.73. The zero-order valence-corrected chi connectivity index (χ0v) is 12.8. The van der Waals surface area contributed by atoms with E-state index in [0.717, 1.165) is 29.6 Å². The molecule has 0 fully saturated rings. The van der Waals surface area contributed by atoms with Crippen molar-refractivity contribution < 1.29 is 5.21 Å². The minimum absolute atomic E-state index is 0.0831. The van der Waals surface area contributed by atoms with Gasteiger partial charge < -0.3 is 5.21 Å². The summed E-state index contributed by atoms with van der Waals surface area (Å²) in [7, 11) is 0. The van der Waals surface area contributed by atoms with Gasteiger partial charge in [0.25, 0.3) is 0 Å². The van der Waals surface area contributed by atoms with E-state index < -0.39 is 0 Å². The minimum Gasteiger partial charge on any atom is -0.411 e. The molecule has 2 aromatic carbocycles. The number of fused-ring (bicyclic) bond motifs is 5. The van der Waals surface area contributed by atoms with Crippen LogP contribution >= 0.6 is 0 Å². The Morgan fingerprint density at radius 3 is 2.73 bits per heavy atom. The molecule has 1 aliphatic rings. The van der Waals surface area contributed by atoms with Gasteiger partial charge in [-0.15, -0.1) is 0 Å². The molecule has 4 rings (SSSR count). The first-order valence-electron chi connectivity index (χ1n) is 7.60. The lowest BCUT2D eigenvalue weighted by Crippen LogP contribution is -2.28. The molecule has 1 aromatic heterocycles. The van der Waals surface area contributed by atoms with E-state index >= 15 is 0 Å². The molecule has 3 heteroatoms. The van der Waals surface area contributed by atoms with Crippen molar-refractivity contribution in [2.75, 3.05) is 0 Å². The van der Waals surface area contributed by atoms with Crippen LogP contribution in [0.3, 0.4) is 0 Å². The summed E-state index contributed by atoms with van der Waals surface area (Å²) in [5.41, 5.74) is 4.08. The minimum atomic E-state index is 0.0831. The van der Waals surface area contributed by atoms with Crippen LogP contribution in [0.15, 0.2) is 47.8 Å². The number of hydrogen-bond donors (Lipinski definition) is 1. The topological polar surface area (TPSA) is 45.5 Å². The summed E-state index contributed by atoms with van der Waals surface area (Å²) in [4.78, 5) is 4.60. The second-order valence-corrected chi connectivity index (χ2v) is 6.90. The third-order valence-electron chi connectivity index (χ3n) is 4.60. The van der Waals surface area contributed by atoms with Gasteiger partial charge in [-0.25, -0.2) is 0 Å². The maximum atomic E-state index is 9.42. The number of rotatable bonds is 0. The molecule has 0 spiro atoms. The van der Waals surface area contributed by atoms with Crippen LogP contribution in [0.25, 0.3) is 21.7 Å². The normalized spacial score (nSPS) is 18.7. The Morgan fingerprint density at radius 2 is 1.91 bits per heavy atom. The molecule has 22 heavy (non-hydrogen) atoms. The number of hydrogen-bond acceptors (Lipinski definition) is 3. The van der Waals surface area contributed by atoms with Gasteiger partial charge in [0.1, 0.15) is 0 Å². The van der Waals surface area contributed by atoms with Crippen LogP contribution in [0.1, 0.15) is 31.4 Å². The molecule has 0 bridgehead atoms. The first kappa shape index (κ1) is 13.3. The SMILES string of the molecule is CC1(C)CC(=NO)c2cnc3ccc4ccccc4c3c2C1. The maximum absolute atomic E-state index is 9.42. The number of nitrogens with zero attached hydrogens (tertiary/aromatic N) is 2. The van der Waals surface area contributed by atoms with Crippen molar-refractivity contribution in [1.29, 1.82) is 0 Å². The molecule has 0 unspecified atom stereocenters. The average molecular weight is 290 g/mol. The predicted octanol–water partition coefficient (Wildman–Crippen LogP) is 4.54. The number of pyridine rings is 1. The smallest absolute Gasteiger partial charge is 0.0891 e. The highest BCUT2D eigenvalue weighted by atomic mass is 16.4. The molecular weight excluding hydrogens is 272 g/mol. The van der Waals surface area contributed by atoms with Crippen LogP contribution in [0.2, 0.25) is 0 Å². The van der Waals surface area contributed by atoms with Gasteiger partial charge in [0.05, 0.1) is 11.2 Å². The summed E-state index contributed by atoms with van der Waals surface area (Å²) in [6.07, 6.45) is 3.60. The first-order valence-corrected chi connectivity index (χ1v) is 7.60. The standard InChI is InChI=1S/C19H18N2O/c1-19(2)9-14-15(17(10-19)21-22)11-20-16-8-7-12-5-3-4-6-13(12)18(14)16/h3-8,11,22H,9-10H2,1-2H3. The van der Waals surface area contributed by atoms with Crippen molar-refractivity contribution in [1.82, 2.24) is 4.98 Å². The summed E-state index contributed by atoms with van der Waals surface area (Å²) in [6, 6.07) is 12.6. The van der Waals surface area contributed by atoms with Gasteiger partial charge in [-0.3, -0.25) is 4.98 Å². The number of oxime groups is 1. The summed E-state index contributed by atoms with van der Waals surface area (Å²) < 4.78 is 0. The fourth-order valence-corrected chi connectivity index (χ4v) is 3.64. The lowest BCUT2D eigenvalue weighted by atomic mass is 9.72. The van der Waals surface area contributed by atoms with Gasteiger partial charge in [-0.05, 0) is 40.7 Å². The molecule has 0 amide bonds. The van der Waals surface area contributed by atoms with Crippen molar-refractivity contribution >= 4 is 27.4 Å². The van der Waals surface area contributed by atoms with Crippen molar-refractivity contribution in [2.45, 2.75) is 26.7 Å². The monoisotopic (exact) mass is 290 g/mol. The van der Waals surface area contributed by atoms with Gasteiger partial charge in [0.15, 0.2) is 0 Å². The molecule has 1 heterocycles. The van der Waals surface area contributed by atoms with E-state index in [1.807, 2.05) is 6.20 Å². The van der Waals surface area contributed by atoms with Crippen LogP contribution in [-0.4, -0.2) is 15.9 Å². The summed E-state index contributed by atoms with van der Waals surface area (Å²) in [5.74, 6) is 0. The van der Waals surface area contributed by atoms with E-state index in [1.54, 1.807) is 0 Å². The van der Waals surface area contributed by atoms with Crippen LogP contribution < -0.4 is 0 Å². The van der Waals surface area contributed by atoms with Crippen molar-refractivity contribution in [3.05, 3.63) is 53.7 Å². The second-order valence-electron chi connectivity index (χ2n) is 6.90. The molecule has 0 saturated carbocycles. The van der Waals surface area contributed by atoms with Crippen LogP contribution in [0.5, 0.6) is 0 Å². The molecule has 0 aliphatic heterocycles. The Hall–Kier alpha value is -2.42. The quantitative estimate of drug-likeness (QED) is 0.375. The van der Waals surface area contributed by atoms with E-state index in [1.165, 1.54) is 21.7 Å². The van der Waals surface area contributed by atoms with Crippen LogP contribution in [0.4, 0.5) is 0 Å². The summed E-state index contributed by atoms with van der Waals surface area (Å²) in [5, 5.41) is 16.6.